The molecule has 1 heterocycles. The van der Waals surface area contributed by atoms with Gasteiger partial charge in [-0.05, 0) is 18.9 Å². The molecule has 0 unspecified atom stereocenters. The lowest BCUT2D eigenvalue weighted by molar-refractivity contribution is -0.119. The summed E-state index contributed by atoms with van der Waals surface area (Å²) in [4.78, 5) is 13.5. The number of carbonyl (C=O) groups excluding carboxylic acids is 1. The molecule has 1 N–H and O–H groups in total. The van der Waals surface area contributed by atoms with E-state index < -0.39 is 0 Å². The van der Waals surface area contributed by atoms with Gasteiger partial charge in [0.15, 0.2) is 0 Å². The van der Waals surface area contributed by atoms with E-state index in [1.165, 1.54) is 5.56 Å². The zero-order valence-corrected chi connectivity index (χ0v) is 10.5. The quantitative estimate of drug-likeness (QED) is 0.861. The number of benzene rings is 1. The Bertz CT molecular complexity index is 377. The predicted octanol–water partition coefficient (Wildman–Crippen LogP) is 1.79. The zero-order chi connectivity index (χ0) is 12.3. The van der Waals surface area contributed by atoms with Gasteiger partial charge in [0.25, 0.3) is 0 Å². The van der Waals surface area contributed by atoms with Crippen LogP contribution in [0.2, 0.25) is 0 Å². The molecule has 1 aliphatic heterocycles. The van der Waals surface area contributed by atoms with Gasteiger partial charge >= 0.3 is 0 Å². The van der Waals surface area contributed by atoms with Crippen molar-refractivity contribution in [2.24, 2.45) is 0 Å². The summed E-state index contributed by atoms with van der Waals surface area (Å²) in [6.07, 6.45) is 1.05. The lowest BCUT2D eigenvalue weighted by Crippen LogP contribution is -2.35. The summed E-state index contributed by atoms with van der Waals surface area (Å²) in [5, 5.41) is 3.01. The molecule has 0 spiro atoms. The minimum Gasteiger partial charge on any atom is -0.352 e. The van der Waals surface area contributed by atoms with Crippen molar-refractivity contribution in [2.45, 2.75) is 38.9 Å². The summed E-state index contributed by atoms with van der Waals surface area (Å²) in [7, 11) is 0. The van der Waals surface area contributed by atoms with Crippen LogP contribution in [0.15, 0.2) is 30.3 Å². The van der Waals surface area contributed by atoms with E-state index in [4.69, 9.17) is 0 Å². The van der Waals surface area contributed by atoms with Gasteiger partial charge in [-0.3, -0.25) is 9.69 Å². The van der Waals surface area contributed by atoms with Crippen LogP contribution in [0, 0.1) is 0 Å². The summed E-state index contributed by atoms with van der Waals surface area (Å²) in [6, 6.07) is 11.3. The SMILES string of the molecule is CC(=O)N[C@H]1C[C@H](C)N(Cc2ccccc2)C1. The number of amides is 1. The number of rotatable bonds is 3. The number of nitrogens with one attached hydrogen (secondary N) is 1. The van der Waals surface area contributed by atoms with Crippen LogP contribution in [0.5, 0.6) is 0 Å². The van der Waals surface area contributed by atoms with Crippen LogP contribution < -0.4 is 5.32 Å². The first-order chi connectivity index (χ1) is 8.15. The number of hydrogen-bond donors (Lipinski definition) is 1. The van der Waals surface area contributed by atoms with E-state index in [0.29, 0.717) is 12.1 Å². The van der Waals surface area contributed by atoms with Crippen molar-refractivity contribution >= 4 is 5.91 Å². The molecule has 1 fully saturated rings. The third-order valence-electron chi connectivity index (χ3n) is 3.34. The third kappa shape index (κ3) is 3.30. The van der Waals surface area contributed by atoms with Crippen molar-refractivity contribution in [3.63, 3.8) is 0 Å². The fourth-order valence-electron chi connectivity index (χ4n) is 2.53. The fraction of sp³-hybridized carbons (Fsp3) is 0.500. The van der Waals surface area contributed by atoms with E-state index in [1.807, 2.05) is 6.07 Å². The van der Waals surface area contributed by atoms with Crippen molar-refractivity contribution in [3.8, 4) is 0 Å². The minimum absolute atomic E-state index is 0.0729. The average molecular weight is 232 g/mol. The average Bonchev–Trinajstić information content (AvgIpc) is 2.59. The third-order valence-corrected chi connectivity index (χ3v) is 3.34. The maximum atomic E-state index is 11.0. The second-order valence-electron chi connectivity index (χ2n) is 4.90. The Hall–Kier alpha value is -1.35. The van der Waals surface area contributed by atoms with E-state index in [9.17, 15) is 4.79 Å². The van der Waals surface area contributed by atoms with Crippen molar-refractivity contribution in [2.75, 3.05) is 6.54 Å². The normalized spacial score (nSPS) is 24.8. The smallest absolute Gasteiger partial charge is 0.217 e. The molecule has 3 nitrogen and oxygen atoms in total. The Kier molecular flexibility index (Phi) is 3.79. The molecule has 2 atom stereocenters. The van der Waals surface area contributed by atoms with Gasteiger partial charge in [-0.25, -0.2) is 0 Å². The molecule has 0 saturated carbocycles. The molecule has 1 aromatic carbocycles. The molecule has 1 amide bonds. The lowest BCUT2D eigenvalue weighted by atomic mass is 10.2. The predicted molar refractivity (Wildman–Crippen MR) is 68.5 cm³/mol. The van der Waals surface area contributed by atoms with E-state index in [-0.39, 0.29) is 5.91 Å². The fourth-order valence-corrected chi connectivity index (χ4v) is 2.53. The molecular weight excluding hydrogens is 212 g/mol. The lowest BCUT2D eigenvalue weighted by Gasteiger charge is -2.20. The van der Waals surface area contributed by atoms with E-state index in [1.54, 1.807) is 6.92 Å². The largest absolute Gasteiger partial charge is 0.352 e. The van der Waals surface area contributed by atoms with E-state index in [0.717, 1.165) is 19.5 Å². The molecule has 1 aromatic rings. The monoisotopic (exact) mass is 232 g/mol. The van der Waals surface area contributed by atoms with Crippen molar-refractivity contribution in [1.29, 1.82) is 0 Å². The van der Waals surface area contributed by atoms with Gasteiger partial charge in [-0.15, -0.1) is 0 Å². The molecule has 3 heteroatoms. The Morgan fingerprint density at radius 2 is 2.12 bits per heavy atom. The summed E-state index contributed by atoms with van der Waals surface area (Å²) in [6.45, 7) is 5.74. The molecule has 0 aromatic heterocycles. The van der Waals surface area contributed by atoms with Crippen molar-refractivity contribution in [1.82, 2.24) is 10.2 Å². The van der Waals surface area contributed by atoms with Gasteiger partial charge in [-0.1, -0.05) is 30.3 Å². The van der Waals surface area contributed by atoms with Gasteiger partial charge < -0.3 is 5.32 Å². The van der Waals surface area contributed by atoms with E-state index in [2.05, 4.69) is 41.4 Å². The first-order valence-electron chi connectivity index (χ1n) is 6.20. The highest BCUT2D eigenvalue weighted by atomic mass is 16.1. The van der Waals surface area contributed by atoms with Gasteiger partial charge in [0.2, 0.25) is 5.91 Å². The molecule has 0 aliphatic carbocycles. The zero-order valence-electron chi connectivity index (χ0n) is 10.5. The van der Waals surface area contributed by atoms with Crippen molar-refractivity contribution in [3.05, 3.63) is 35.9 Å². The number of nitrogens with zero attached hydrogens (tertiary/aromatic N) is 1. The van der Waals surface area contributed by atoms with Crippen LogP contribution in [-0.2, 0) is 11.3 Å². The maximum Gasteiger partial charge on any atom is 0.217 e. The van der Waals surface area contributed by atoms with E-state index >= 15 is 0 Å². The Morgan fingerprint density at radius 3 is 2.76 bits per heavy atom. The first-order valence-corrected chi connectivity index (χ1v) is 6.20. The highest BCUT2D eigenvalue weighted by molar-refractivity contribution is 5.73. The van der Waals surface area contributed by atoms with Crippen molar-refractivity contribution < 1.29 is 4.79 Å². The molecule has 1 aliphatic rings. The Balaban J connectivity index is 1.92. The maximum absolute atomic E-state index is 11.0. The van der Waals surface area contributed by atoms with Gasteiger partial charge in [0.1, 0.15) is 0 Å². The second kappa shape index (κ2) is 5.32. The number of hydrogen-bond acceptors (Lipinski definition) is 2. The molecule has 1 saturated heterocycles. The first kappa shape index (κ1) is 12.1. The molecule has 92 valence electrons. The summed E-state index contributed by atoms with van der Waals surface area (Å²) in [5.41, 5.74) is 1.34. The molecular formula is C14H20N2O. The van der Waals surface area contributed by atoms with Crippen LogP contribution in [0.25, 0.3) is 0 Å². The summed E-state index contributed by atoms with van der Waals surface area (Å²) < 4.78 is 0. The molecule has 17 heavy (non-hydrogen) atoms. The van der Waals surface area contributed by atoms with Crippen LogP contribution >= 0.6 is 0 Å². The topological polar surface area (TPSA) is 32.3 Å². The minimum atomic E-state index is 0.0729. The van der Waals surface area contributed by atoms with Crippen LogP contribution in [0.1, 0.15) is 25.8 Å². The van der Waals surface area contributed by atoms with Crippen LogP contribution in [-0.4, -0.2) is 29.4 Å². The van der Waals surface area contributed by atoms with Crippen LogP contribution in [0.4, 0.5) is 0 Å². The molecule has 0 bridgehead atoms. The van der Waals surface area contributed by atoms with Gasteiger partial charge in [0, 0.05) is 32.1 Å². The summed E-state index contributed by atoms with van der Waals surface area (Å²) >= 11 is 0. The second-order valence-corrected chi connectivity index (χ2v) is 4.90. The number of carbonyl (C=O) groups is 1. The highest BCUT2D eigenvalue weighted by Crippen LogP contribution is 2.20. The Labute approximate surface area is 103 Å². The molecule has 2 rings (SSSR count). The summed E-state index contributed by atoms with van der Waals surface area (Å²) in [5.74, 6) is 0.0729. The van der Waals surface area contributed by atoms with Gasteiger partial charge in [0.05, 0.1) is 0 Å². The molecule has 0 radical (unpaired) electrons. The Morgan fingerprint density at radius 1 is 1.41 bits per heavy atom. The van der Waals surface area contributed by atoms with Crippen LogP contribution in [0.3, 0.4) is 0 Å². The number of likely N-dealkylation sites (tertiary alicyclic amines) is 1. The highest BCUT2D eigenvalue weighted by Gasteiger charge is 2.29. The standard InChI is InChI=1S/C14H20N2O/c1-11-8-14(15-12(2)17)10-16(11)9-13-6-4-3-5-7-13/h3-7,11,14H,8-10H2,1-2H3,(H,15,17)/t11-,14-/m0/s1. The van der Waals surface area contributed by atoms with Gasteiger partial charge in [-0.2, -0.15) is 0 Å².